The first-order valence-electron chi connectivity index (χ1n) is 8.85. The molecule has 0 aliphatic carbocycles. The zero-order valence-electron chi connectivity index (χ0n) is 14.2. The molecule has 1 aliphatic heterocycles. The maximum Gasteiger partial charge on any atom is 0.160 e. The van der Waals surface area contributed by atoms with E-state index in [-0.39, 0.29) is 0 Å². The summed E-state index contributed by atoms with van der Waals surface area (Å²) < 4.78 is 2.31. The number of rotatable bonds is 2. The molecule has 2 aromatic carbocycles. The van der Waals surface area contributed by atoms with Crippen LogP contribution in [0.2, 0.25) is 0 Å². The quantitative estimate of drug-likeness (QED) is 0.602. The minimum Gasteiger partial charge on any atom is -0.315 e. The van der Waals surface area contributed by atoms with Crippen LogP contribution in [0.25, 0.3) is 33.1 Å². The summed E-state index contributed by atoms with van der Waals surface area (Å²) in [5.74, 6) is 1.05. The molecule has 124 valence electrons. The third kappa shape index (κ3) is 2.33. The molecule has 1 saturated heterocycles. The van der Waals surface area contributed by atoms with Gasteiger partial charge in [-0.25, -0.2) is 9.97 Å². The zero-order chi connectivity index (χ0) is 16.8. The Morgan fingerprint density at radius 3 is 2.80 bits per heavy atom. The van der Waals surface area contributed by atoms with E-state index in [9.17, 15) is 0 Å². The summed E-state index contributed by atoms with van der Waals surface area (Å²) in [5.41, 5.74) is 4.35. The molecule has 25 heavy (non-hydrogen) atoms. The molecule has 0 spiro atoms. The van der Waals surface area contributed by atoms with Crippen molar-refractivity contribution in [3.05, 3.63) is 60.6 Å². The molecule has 0 radical (unpaired) electrons. The number of hydrogen-bond donors (Lipinski definition) is 1. The number of benzene rings is 2. The highest BCUT2D eigenvalue weighted by atomic mass is 15.2. The van der Waals surface area contributed by atoms with Gasteiger partial charge in [-0.1, -0.05) is 36.4 Å². The first kappa shape index (κ1) is 14.6. The van der Waals surface area contributed by atoms with E-state index in [0.29, 0.717) is 6.04 Å². The number of fused-ring (bicyclic) bond motifs is 2. The Morgan fingerprint density at radius 2 is 1.96 bits per heavy atom. The Labute approximate surface area is 146 Å². The first-order chi connectivity index (χ1) is 12.3. The summed E-state index contributed by atoms with van der Waals surface area (Å²) in [5, 5.41) is 5.95. The van der Waals surface area contributed by atoms with Crippen molar-refractivity contribution in [2.75, 3.05) is 13.1 Å². The Bertz CT molecular complexity index is 1070. The average molecular weight is 328 g/mol. The molecule has 4 aromatic rings. The van der Waals surface area contributed by atoms with Crippen molar-refractivity contribution in [3.8, 4) is 11.1 Å². The van der Waals surface area contributed by atoms with Crippen LogP contribution in [0, 0.1) is 6.92 Å². The van der Waals surface area contributed by atoms with Gasteiger partial charge in [0.2, 0.25) is 0 Å². The average Bonchev–Trinajstić information content (AvgIpc) is 3.27. The number of aromatic nitrogens is 3. The fourth-order valence-electron chi connectivity index (χ4n) is 3.99. The third-order valence-corrected chi connectivity index (χ3v) is 5.22. The molecule has 1 aliphatic rings. The molecule has 4 heteroatoms. The summed E-state index contributed by atoms with van der Waals surface area (Å²) in [6.45, 7) is 4.15. The summed E-state index contributed by atoms with van der Waals surface area (Å²) in [6, 6.07) is 17.6. The second-order valence-electron chi connectivity index (χ2n) is 6.77. The van der Waals surface area contributed by atoms with E-state index in [1.54, 1.807) is 0 Å². The predicted octanol–water partition coefficient (Wildman–Crippen LogP) is 4.09. The molecule has 0 bridgehead atoms. The Kier molecular flexibility index (Phi) is 3.31. The molecule has 0 amide bonds. The molecule has 3 heterocycles. The summed E-state index contributed by atoms with van der Waals surface area (Å²) in [7, 11) is 0. The van der Waals surface area contributed by atoms with Gasteiger partial charge in [-0.3, -0.25) is 0 Å². The maximum absolute atomic E-state index is 4.89. The molecular weight excluding hydrogens is 308 g/mol. The first-order valence-corrected chi connectivity index (χ1v) is 8.85. The molecule has 4 nitrogen and oxygen atoms in total. The Balaban J connectivity index is 1.71. The van der Waals surface area contributed by atoms with Crippen LogP contribution >= 0.6 is 0 Å². The van der Waals surface area contributed by atoms with Crippen LogP contribution < -0.4 is 5.32 Å². The highest BCUT2D eigenvalue weighted by molar-refractivity contribution is 5.94. The second-order valence-corrected chi connectivity index (χ2v) is 6.77. The van der Waals surface area contributed by atoms with Crippen molar-refractivity contribution in [2.45, 2.75) is 19.4 Å². The predicted molar refractivity (Wildman–Crippen MR) is 102 cm³/mol. The lowest BCUT2D eigenvalue weighted by Crippen LogP contribution is -2.14. The van der Waals surface area contributed by atoms with Crippen molar-refractivity contribution in [1.29, 1.82) is 0 Å². The van der Waals surface area contributed by atoms with Crippen molar-refractivity contribution in [2.24, 2.45) is 0 Å². The number of nitrogens with one attached hydrogen (secondary N) is 1. The second kappa shape index (κ2) is 5.67. The fourth-order valence-corrected chi connectivity index (χ4v) is 3.99. The molecule has 0 saturated carbocycles. The van der Waals surface area contributed by atoms with Gasteiger partial charge in [-0.15, -0.1) is 0 Å². The largest absolute Gasteiger partial charge is 0.315 e. The molecule has 1 N–H and O–H groups in total. The van der Waals surface area contributed by atoms with Gasteiger partial charge >= 0.3 is 0 Å². The molecular formula is C21H20N4. The van der Waals surface area contributed by atoms with Crippen molar-refractivity contribution < 1.29 is 0 Å². The smallest absolute Gasteiger partial charge is 0.160 e. The van der Waals surface area contributed by atoms with Crippen molar-refractivity contribution in [1.82, 2.24) is 19.9 Å². The normalized spacial score (nSPS) is 17.6. The molecule has 2 aromatic heterocycles. The van der Waals surface area contributed by atoms with Crippen LogP contribution in [-0.2, 0) is 0 Å². The van der Waals surface area contributed by atoms with Gasteiger partial charge in [-0.2, -0.15) is 0 Å². The summed E-state index contributed by atoms with van der Waals surface area (Å²) in [4.78, 5) is 9.55. The lowest BCUT2D eigenvalue weighted by molar-refractivity contribution is 0.544. The van der Waals surface area contributed by atoms with E-state index in [1.807, 2.05) is 6.20 Å². The van der Waals surface area contributed by atoms with Crippen molar-refractivity contribution >= 4 is 21.9 Å². The Hall–Kier alpha value is -2.72. The van der Waals surface area contributed by atoms with Crippen LogP contribution in [0.4, 0.5) is 0 Å². The fraction of sp³-hybridized carbons (Fsp3) is 0.238. The lowest BCUT2D eigenvalue weighted by Gasteiger charge is -2.13. The molecule has 1 fully saturated rings. The highest BCUT2D eigenvalue weighted by Gasteiger charge is 2.22. The van der Waals surface area contributed by atoms with E-state index in [2.05, 4.69) is 70.3 Å². The van der Waals surface area contributed by atoms with E-state index >= 15 is 0 Å². The van der Waals surface area contributed by atoms with Crippen LogP contribution in [-0.4, -0.2) is 27.6 Å². The number of imidazole rings is 1. The summed E-state index contributed by atoms with van der Waals surface area (Å²) >= 11 is 0. The Morgan fingerprint density at radius 1 is 1.08 bits per heavy atom. The maximum atomic E-state index is 4.89. The van der Waals surface area contributed by atoms with E-state index in [4.69, 9.17) is 4.98 Å². The van der Waals surface area contributed by atoms with Gasteiger partial charge in [0.1, 0.15) is 11.3 Å². The number of pyridine rings is 1. The van der Waals surface area contributed by atoms with Crippen molar-refractivity contribution in [3.63, 3.8) is 0 Å². The molecule has 5 rings (SSSR count). The monoisotopic (exact) mass is 328 g/mol. The number of aryl methyl sites for hydroxylation is 1. The minimum atomic E-state index is 0.448. The SMILES string of the molecule is Cc1nc2c(-c3ccc4ccccc4c3)ccnc2n1C1CCNC1. The van der Waals surface area contributed by atoms with Crippen LogP contribution in [0.15, 0.2) is 54.7 Å². The van der Waals surface area contributed by atoms with Gasteiger partial charge < -0.3 is 9.88 Å². The van der Waals surface area contributed by atoms with Crippen LogP contribution in [0.3, 0.4) is 0 Å². The zero-order valence-corrected chi connectivity index (χ0v) is 14.2. The lowest BCUT2D eigenvalue weighted by atomic mass is 10.0. The standard InChI is InChI=1S/C21H20N4/c1-14-24-20-19(17-7-6-15-4-2-3-5-16(15)12-17)9-11-23-21(20)25(14)18-8-10-22-13-18/h2-7,9,11-12,18,22H,8,10,13H2,1H3. The van der Waals surface area contributed by atoms with Crippen LogP contribution in [0.1, 0.15) is 18.3 Å². The van der Waals surface area contributed by atoms with Gasteiger partial charge in [-0.05, 0) is 48.4 Å². The topological polar surface area (TPSA) is 42.7 Å². The highest BCUT2D eigenvalue weighted by Crippen LogP contribution is 2.32. The summed E-state index contributed by atoms with van der Waals surface area (Å²) in [6.07, 6.45) is 3.04. The third-order valence-electron chi connectivity index (χ3n) is 5.22. The van der Waals surface area contributed by atoms with Gasteiger partial charge in [0, 0.05) is 18.3 Å². The van der Waals surface area contributed by atoms with Gasteiger partial charge in [0.25, 0.3) is 0 Å². The molecule has 1 atom stereocenters. The van der Waals surface area contributed by atoms with Gasteiger partial charge in [0.05, 0.1) is 6.04 Å². The van der Waals surface area contributed by atoms with E-state index in [0.717, 1.165) is 42.1 Å². The van der Waals surface area contributed by atoms with E-state index < -0.39 is 0 Å². The minimum absolute atomic E-state index is 0.448. The van der Waals surface area contributed by atoms with E-state index in [1.165, 1.54) is 16.3 Å². The number of hydrogen-bond acceptors (Lipinski definition) is 3. The molecule has 1 unspecified atom stereocenters. The van der Waals surface area contributed by atoms with Gasteiger partial charge in [0.15, 0.2) is 5.65 Å². The van der Waals surface area contributed by atoms with Crippen LogP contribution in [0.5, 0.6) is 0 Å². The number of nitrogens with zero attached hydrogens (tertiary/aromatic N) is 3.